The van der Waals surface area contributed by atoms with Crippen molar-refractivity contribution < 1.29 is 9.63 Å². The highest BCUT2D eigenvalue weighted by Gasteiger charge is 2.40. The SMILES string of the molecule is C=CCO/N=C1\CC(c2nc3ccccc3[nH]2)N(C(=O)C(c2ccccc2)c2ccccc2)C1. The zero-order valence-corrected chi connectivity index (χ0v) is 18.8. The maximum Gasteiger partial charge on any atom is 0.235 e. The first-order chi connectivity index (χ1) is 16.7. The second kappa shape index (κ2) is 9.75. The summed E-state index contributed by atoms with van der Waals surface area (Å²) in [6, 6.07) is 27.4. The van der Waals surface area contributed by atoms with Gasteiger partial charge in [0, 0.05) is 6.42 Å². The highest BCUT2D eigenvalue weighted by atomic mass is 16.6. The zero-order valence-electron chi connectivity index (χ0n) is 18.8. The second-order valence-corrected chi connectivity index (χ2v) is 8.32. The Morgan fingerprint density at radius 2 is 1.71 bits per heavy atom. The number of carbonyl (C=O) groups is 1. The first-order valence-corrected chi connectivity index (χ1v) is 11.4. The van der Waals surface area contributed by atoms with Crippen LogP contribution in [0.15, 0.2) is 103 Å². The van der Waals surface area contributed by atoms with Gasteiger partial charge in [0.05, 0.1) is 35.2 Å². The molecule has 0 radical (unpaired) electrons. The maximum absolute atomic E-state index is 14.2. The summed E-state index contributed by atoms with van der Waals surface area (Å²) in [6.07, 6.45) is 2.21. The number of para-hydroxylation sites is 2. The summed E-state index contributed by atoms with van der Waals surface area (Å²) in [5.74, 6) is 0.336. The second-order valence-electron chi connectivity index (χ2n) is 8.32. The maximum atomic E-state index is 14.2. The molecule has 1 aliphatic rings. The Hall–Kier alpha value is -4.19. The van der Waals surface area contributed by atoms with Crippen molar-refractivity contribution in [1.29, 1.82) is 0 Å². The molecule has 0 spiro atoms. The molecule has 1 unspecified atom stereocenters. The number of fused-ring (bicyclic) bond motifs is 1. The summed E-state index contributed by atoms with van der Waals surface area (Å²) < 4.78 is 0. The van der Waals surface area contributed by atoms with Crippen LogP contribution in [0.5, 0.6) is 0 Å². The van der Waals surface area contributed by atoms with Crippen LogP contribution in [0.4, 0.5) is 0 Å². The van der Waals surface area contributed by atoms with Crippen molar-refractivity contribution in [3.05, 3.63) is 115 Å². The van der Waals surface area contributed by atoms with Gasteiger partial charge in [0.15, 0.2) is 0 Å². The molecule has 1 aromatic heterocycles. The number of nitrogens with zero attached hydrogens (tertiary/aromatic N) is 3. The fourth-order valence-electron chi connectivity index (χ4n) is 4.49. The third-order valence-corrected chi connectivity index (χ3v) is 6.06. The van der Waals surface area contributed by atoms with Crippen molar-refractivity contribution in [2.75, 3.05) is 13.2 Å². The quantitative estimate of drug-likeness (QED) is 0.238. The summed E-state index contributed by atoms with van der Waals surface area (Å²) in [5.41, 5.74) is 4.54. The Labute approximate surface area is 198 Å². The molecule has 1 fully saturated rings. The number of amides is 1. The number of aromatic amines is 1. The summed E-state index contributed by atoms with van der Waals surface area (Å²) in [6.45, 7) is 4.38. The van der Waals surface area contributed by atoms with Gasteiger partial charge in [0.25, 0.3) is 0 Å². The summed E-state index contributed by atoms with van der Waals surface area (Å²) in [4.78, 5) is 29.6. The monoisotopic (exact) mass is 450 g/mol. The number of aromatic nitrogens is 2. The van der Waals surface area contributed by atoms with E-state index in [1.165, 1.54) is 0 Å². The lowest BCUT2D eigenvalue weighted by Gasteiger charge is -2.28. The summed E-state index contributed by atoms with van der Waals surface area (Å²) >= 11 is 0. The molecule has 3 aromatic carbocycles. The lowest BCUT2D eigenvalue weighted by molar-refractivity contribution is -0.132. The van der Waals surface area contributed by atoms with Gasteiger partial charge in [-0.3, -0.25) is 4.79 Å². The average molecular weight is 451 g/mol. The number of carbonyl (C=O) groups excluding carboxylic acids is 1. The molecule has 1 amide bonds. The number of benzene rings is 3. The molecule has 1 N–H and O–H groups in total. The molecule has 0 aliphatic carbocycles. The van der Waals surface area contributed by atoms with E-state index in [0.717, 1.165) is 33.7 Å². The average Bonchev–Trinajstić information content (AvgIpc) is 3.50. The largest absolute Gasteiger partial charge is 0.392 e. The fourth-order valence-corrected chi connectivity index (χ4v) is 4.49. The van der Waals surface area contributed by atoms with Crippen LogP contribution in [-0.4, -0.2) is 39.6 Å². The van der Waals surface area contributed by atoms with Crippen molar-refractivity contribution in [3.63, 3.8) is 0 Å². The van der Waals surface area contributed by atoms with Crippen LogP contribution in [0, 0.1) is 0 Å². The first-order valence-electron chi connectivity index (χ1n) is 11.4. The number of imidazole rings is 1. The van der Waals surface area contributed by atoms with E-state index in [1.54, 1.807) is 6.08 Å². The van der Waals surface area contributed by atoms with E-state index < -0.39 is 5.92 Å². The third kappa shape index (κ3) is 4.35. The van der Waals surface area contributed by atoms with Gasteiger partial charge in [-0.15, -0.1) is 0 Å². The number of hydrogen-bond acceptors (Lipinski definition) is 4. The highest BCUT2D eigenvalue weighted by Crippen LogP contribution is 2.36. The number of likely N-dealkylation sites (tertiary alicyclic amines) is 1. The summed E-state index contributed by atoms with van der Waals surface area (Å²) in [7, 11) is 0. The Morgan fingerprint density at radius 3 is 2.35 bits per heavy atom. The molecule has 1 saturated heterocycles. The predicted octanol–water partition coefficient (Wildman–Crippen LogP) is 5.23. The minimum Gasteiger partial charge on any atom is -0.392 e. The molecule has 0 saturated carbocycles. The Balaban J connectivity index is 1.55. The zero-order chi connectivity index (χ0) is 23.3. The molecule has 2 heterocycles. The number of oxime groups is 1. The number of nitrogens with one attached hydrogen (secondary N) is 1. The van der Waals surface area contributed by atoms with Crippen LogP contribution in [-0.2, 0) is 9.63 Å². The van der Waals surface area contributed by atoms with E-state index in [9.17, 15) is 4.79 Å². The van der Waals surface area contributed by atoms with Crippen molar-refractivity contribution in [3.8, 4) is 0 Å². The lowest BCUT2D eigenvalue weighted by Crippen LogP contribution is -2.36. The third-order valence-electron chi connectivity index (χ3n) is 6.06. The minimum atomic E-state index is -0.428. The van der Waals surface area contributed by atoms with E-state index in [2.05, 4.69) is 16.7 Å². The molecular formula is C28H26N4O2. The Kier molecular flexibility index (Phi) is 6.21. The van der Waals surface area contributed by atoms with Crippen LogP contribution in [0.2, 0.25) is 0 Å². The van der Waals surface area contributed by atoms with E-state index in [0.29, 0.717) is 19.6 Å². The predicted molar refractivity (Wildman–Crippen MR) is 133 cm³/mol. The van der Waals surface area contributed by atoms with Crippen LogP contribution in [0.1, 0.15) is 35.3 Å². The summed E-state index contributed by atoms with van der Waals surface area (Å²) in [5, 5.41) is 4.29. The van der Waals surface area contributed by atoms with Gasteiger partial charge >= 0.3 is 0 Å². The van der Waals surface area contributed by atoms with E-state index >= 15 is 0 Å². The molecule has 170 valence electrons. The molecule has 4 aromatic rings. The van der Waals surface area contributed by atoms with Crippen molar-refractivity contribution in [1.82, 2.24) is 14.9 Å². The van der Waals surface area contributed by atoms with E-state index in [4.69, 9.17) is 9.82 Å². The van der Waals surface area contributed by atoms with Crippen LogP contribution in [0.25, 0.3) is 11.0 Å². The van der Waals surface area contributed by atoms with Gasteiger partial charge in [0.2, 0.25) is 5.91 Å². The molecule has 1 atom stereocenters. The standard InChI is InChI=1S/C28H26N4O2/c1-2-17-34-31-22-18-25(27-29-23-15-9-10-16-24(23)30-27)32(19-22)28(33)26(20-11-5-3-6-12-20)21-13-7-4-8-14-21/h2-16,25-26H,1,17-19H2,(H,29,30)/b31-22+. The Bertz CT molecular complexity index is 1240. The van der Waals surface area contributed by atoms with Gasteiger partial charge in [-0.05, 0) is 23.3 Å². The number of rotatable bonds is 7. The van der Waals surface area contributed by atoms with E-state index in [1.807, 2.05) is 89.8 Å². The topological polar surface area (TPSA) is 70.6 Å². The lowest BCUT2D eigenvalue weighted by atomic mass is 9.90. The van der Waals surface area contributed by atoms with Crippen molar-refractivity contribution in [2.45, 2.75) is 18.4 Å². The van der Waals surface area contributed by atoms with Gasteiger partial charge in [-0.1, -0.05) is 90.6 Å². The van der Waals surface area contributed by atoms with Gasteiger partial charge in [-0.25, -0.2) is 4.98 Å². The van der Waals surface area contributed by atoms with Crippen molar-refractivity contribution in [2.24, 2.45) is 5.16 Å². The molecule has 6 heteroatoms. The van der Waals surface area contributed by atoms with Gasteiger partial charge in [-0.2, -0.15) is 0 Å². The van der Waals surface area contributed by atoms with Crippen LogP contribution in [0.3, 0.4) is 0 Å². The smallest absolute Gasteiger partial charge is 0.235 e. The van der Waals surface area contributed by atoms with Crippen LogP contribution >= 0.6 is 0 Å². The molecule has 1 aliphatic heterocycles. The van der Waals surface area contributed by atoms with Gasteiger partial charge in [0.1, 0.15) is 12.4 Å². The van der Waals surface area contributed by atoms with Gasteiger partial charge < -0.3 is 14.7 Å². The number of hydrogen-bond donors (Lipinski definition) is 1. The number of H-pyrrole nitrogens is 1. The molecule has 0 bridgehead atoms. The van der Waals surface area contributed by atoms with Crippen molar-refractivity contribution >= 4 is 22.7 Å². The molecule has 5 rings (SSSR count). The normalized spacial score (nSPS) is 16.9. The molecule has 6 nitrogen and oxygen atoms in total. The molecular weight excluding hydrogens is 424 g/mol. The first kappa shape index (κ1) is 21.6. The minimum absolute atomic E-state index is 0.0109. The van der Waals surface area contributed by atoms with E-state index in [-0.39, 0.29) is 11.9 Å². The Morgan fingerprint density at radius 1 is 1.06 bits per heavy atom. The fraction of sp³-hybridized carbons (Fsp3) is 0.179. The highest BCUT2D eigenvalue weighted by molar-refractivity contribution is 5.97. The van der Waals surface area contributed by atoms with Crippen LogP contribution < -0.4 is 0 Å². The molecule has 34 heavy (non-hydrogen) atoms.